The fourth-order valence-electron chi connectivity index (χ4n) is 2.31. The molecule has 0 aliphatic rings. The number of carbonyl (C=O) groups is 1. The Kier molecular flexibility index (Phi) is 4.47. The lowest BCUT2D eigenvalue weighted by atomic mass is 10.3. The average molecular weight is 385 g/mol. The van der Waals surface area contributed by atoms with E-state index >= 15 is 0 Å². The van der Waals surface area contributed by atoms with Crippen molar-refractivity contribution in [2.75, 3.05) is 0 Å². The number of halogens is 1. The van der Waals surface area contributed by atoms with E-state index < -0.39 is 5.97 Å². The van der Waals surface area contributed by atoms with E-state index in [9.17, 15) is 9.18 Å². The van der Waals surface area contributed by atoms with Crippen molar-refractivity contribution in [2.24, 2.45) is 0 Å². The number of benzene rings is 1. The van der Waals surface area contributed by atoms with Crippen LogP contribution in [0.4, 0.5) is 4.39 Å². The monoisotopic (exact) mass is 385 g/mol. The van der Waals surface area contributed by atoms with E-state index in [-0.39, 0.29) is 24.1 Å². The molecule has 0 bridgehead atoms. The molecule has 0 atom stereocenters. The number of hydrogen-bond acceptors (Lipinski definition) is 8. The molecule has 0 spiro atoms. The minimum atomic E-state index is -0.732. The fourth-order valence-corrected chi connectivity index (χ4v) is 3.01. The molecule has 1 aromatic carbocycles. The first-order valence-corrected chi connectivity index (χ1v) is 8.71. The summed E-state index contributed by atoms with van der Waals surface area (Å²) in [4.78, 5) is 17.4. The molecule has 0 N–H and O–H groups in total. The molecule has 0 unspecified atom stereocenters. The van der Waals surface area contributed by atoms with Crippen molar-refractivity contribution in [2.45, 2.75) is 13.5 Å². The van der Waals surface area contributed by atoms with Gasteiger partial charge in [0.25, 0.3) is 11.7 Å². The molecule has 27 heavy (non-hydrogen) atoms. The lowest BCUT2D eigenvalue weighted by molar-refractivity contribution is 0.0422. The number of hydrogen-bond donors (Lipinski definition) is 0. The van der Waals surface area contributed by atoms with E-state index in [0.29, 0.717) is 17.4 Å². The minimum absolute atomic E-state index is 0.126. The van der Waals surface area contributed by atoms with Crippen LogP contribution < -0.4 is 0 Å². The average Bonchev–Trinajstić information content (AvgIpc) is 3.40. The highest BCUT2D eigenvalue weighted by molar-refractivity contribution is 7.13. The van der Waals surface area contributed by atoms with E-state index in [2.05, 4.69) is 20.3 Å². The van der Waals surface area contributed by atoms with Crippen LogP contribution in [0.2, 0.25) is 0 Å². The van der Waals surface area contributed by atoms with Gasteiger partial charge in [0.1, 0.15) is 5.82 Å². The molecule has 0 aliphatic heterocycles. The molecule has 4 rings (SSSR count). The quantitative estimate of drug-likeness (QED) is 0.487. The van der Waals surface area contributed by atoms with Crippen molar-refractivity contribution in [3.05, 3.63) is 65.2 Å². The van der Waals surface area contributed by atoms with Gasteiger partial charge in [-0.3, -0.25) is 0 Å². The Morgan fingerprint density at radius 3 is 2.74 bits per heavy atom. The van der Waals surface area contributed by atoms with Gasteiger partial charge in [-0.1, -0.05) is 6.07 Å². The minimum Gasteiger partial charge on any atom is -0.450 e. The molecular formula is C17H12FN5O3S. The van der Waals surface area contributed by atoms with Crippen LogP contribution >= 0.6 is 11.3 Å². The van der Waals surface area contributed by atoms with Gasteiger partial charge in [0.05, 0.1) is 10.6 Å². The van der Waals surface area contributed by atoms with Crippen molar-refractivity contribution < 1.29 is 18.3 Å². The van der Waals surface area contributed by atoms with Crippen LogP contribution in [0.3, 0.4) is 0 Å². The van der Waals surface area contributed by atoms with E-state index in [1.54, 1.807) is 19.1 Å². The maximum absolute atomic E-state index is 13.2. The third kappa shape index (κ3) is 3.60. The Hall–Kier alpha value is -3.40. The molecule has 10 heteroatoms. The zero-order chi connectivity index (χ0) is 18.8. The maximum atomic E-state index is 13.2. The molecule has 0 saturated heterocycles. The number of carbonyl (C=O) groups excluding carboxylic acids is 1. The van der Waals surface area contributed by atoms with Gasteiger partial charge >= 0.3 is 5.97 Å². The summed E-state index contributed by atoms with van der Waals surface area (Å²) in [5, 5.41) is 13.5. The first-order valence-electron chi connectivity index (χ1n) is 7.83. The number of rotatable bonds is 5. The van der Waals surface area contributed by atoms with Gasteiger partial charge in [0.2, 0.25) is 5.89 Å². The largest absolute Gasteiger partial charge is 0.450 e. The smallest absolute Gasteiger partial charge is 0.378 e. The molecule has 136 valence electrons. The molecule has 4 aromatic rings. The van der Waals surface area contributed by atoms with Gasteiger partial charge in [0.15, 0.2) is 12.4 Å². The van der Waals surface area contributed by atoms with Gasteiger partial charge in [-0.2, -0.15) is 4.98 Å². The van der Waals surface area contributed by atoms with Gasteiger partial charge in [-0.25, -0.2) is 13.9 Å². The number of nitrogens with zero attached hydrogens (tertiary/aromatic N) is 5. The first kappa shape index (κ1) is 17.0. The second kappa shape index (κ2) is 7.08. The summed E-state index contributed by atoms with van der Waals surface area (Å²) >= 11 is 1.44. The van der Waals surface area contributed by atoms with E-state index in [1.807, 2.05) is 17.5 Å². The van der Waals surface area contributed by atoms with Crippen LogP contribution in [-0.2, 0) is 11.3 Å². The normalized spacial score (nSPS) is 10.9. The Morgan fingerprint density at radius 2 is 2.07 bits per heavy atom. The molecule has 8 nitrogen and oxygen atoms in total. The molecule has 0 fully saturated rings. The van der Waals surface area contributed by atoms with Crippen LogP contribution in [0.1, 0.15) is 22.4 Å². The van der Waals surface area contributed by atoms with E-state index in [0.717, 1.165) is 4.88 Å². The second-order valence-corrected chi connectivity index (χ2v) is 6.36. The van der Waals surface area contributed by atoms with Gasteiger partial charge in [-0.15, -0.1) is 26.6 Å². The Labute approximate surface area is 156 Å². The maximum Gasteiger partial charge on any atom is 0.378 e. The summed E-state index contributed by atoms with van der Waals surface area (Å²) in [5.74, 6) is -0.219. The summed E-state index contributed by atoms with van der Waals surface area (Å²) in [6, 6.07) is 9.44. The number of ether oxygens (including phenoxy) is 1. The lowest BCUT2D eigenvalue weighted by Gasteiger charge is -2.03. The summed E-state index contributed by atoms with van der Waals surface area (Å²) in [6.45, 7) is 1.45. The van der Waals surface area contributed by atoms with E-state index in [1.165, 1.54) is 28.2 Å². The predicted octanol–water partition coefficient (Wildman–Crippen LogP) is 3.18. The van der Waals surface area contributed by atoms with Gasteiger partial charge in [-0.05, 0) is 35.7 Å². The molecule has 0 amide bonds. The zero-order valence-corrected chi connectivity index (χ0v) is 14.8. The molecule has 0 saturated carbocycles. The summed E-state index contributed by atoms with van der Waals surface area (Å²) in [6.07, 6.45) is 0. The Balaban J connectivity index is 1.64. The molecule has 3 aromatic heterocycles. The standard InChI is InChI=1S/C17H12FN5O3S/c1-10-20-21-14(26-10)9-25-17(24)15-19-16(13-3-2-8-27-13)23(22-15)12-6-4-11(18)5-7-12/h2-8H,9H2,1H3. The van der Waals surface area contributed by atoms with Crippen molar-refractivity contribution >= 4 is 17.3 Å². The third-order valence-corrected chi connectivity index (χ3v) is 4.36. The fraction of sp³-hybridized carbons (Fsp3) is 0.118. The van der Waals surface area contributed by atoms with Crippen molar-refractivity contribution in [1.82, 2.24) is 25.0 Å². The number of esters is 1. The summed E-state index contributed by atoms with van der Waals surface area (Å²) < 4.78 is 25.0. The second-order valence-electron chi connectivity index (χ2n) is 5.42. The highest BCUT2D eigenvalue weighted by Gasteiger charge is 2.21. The number of aromatic nitrogens is 5. The highest BCUT2D eigenvalue weighted by atomic mass is 32.1. The SMILES string of the molecule is Cc1nnc(COC(=O)c2nc(-c3cccs3)n(-c3ccc(F)cc3)n2)o1. The van der Waals surface area contributed by atoms with Gasteiger partial charge < -0.3 is 9.15 Å². The molecule has 3 heterocycles. The first-order chi connectivity index (χ1) is 13.1. The van der Waals surface area contributed by atoms with Crippen LogP contribution in [0.5, 0.6) is 0 Å². The number of aryl methyl sites for hydroxylation is 1. The van der Waals surface area contributed by atoms with Gasteiger partial charge in [0, 0.05) is 6.92 Å². The van der Waals surface area contributed by atoms with Crippen molar-refractivity contribution in [1.29, 1.82) is 0 Å². The van der Waals surface area contributed by atoms with Crippen LogP contribution in [-0.4, -0.2) is 30.9 Å². The predicted molar refractivity (Wildman–Crippen MR) is 92.8 cm³/mol. The van der Waals surface area contributed by atoms with Crippen LogP contribution in [0.25, 0.3) is 16.4 Å². The zero-order valence-electron chi connectivity index (χ0n) is 14.0. The Bertz CT molecular complexity index is 1070. The van der Waals surface area contributed by atoms with E-state index in [4.69, 9.17) is 9.15 Å². The van der Waals surface area contributed by atoms with Crippen molar-refractivity contribution in [3.63, 3.8) is 0 Å². The molecule has 0 aliphatic carbocycles. The third-order valence-electron chi connectivity index (χ3n) is 3.50. The molecular weight excluding hydrogens is 373 g/mol. The van der Waals surface area contributed by atoms with Crippen molar-refractivity contribution in [3.8, 4) is 16.4 Å². The van der Waals surface area contributed by atoms with Crippen LogP contribution in [0, 0.1) is 12.7 Å². The number of thiophene rings is 1. The summed E-state index contributed by atoms with van der Waals surface area (Å²) in [7, 11) is 0. The summed E-state index contributed by atoms with van der Waals surface area (Å²) in [5.41, 5.74) is 0.568. The van der Waals surface area contributed by atoms with Crippen LogP contribution in [0.15, 0.2) is 46.2 Å². The highest BCUT2D eigenvalue weighted by Crippen LogP contribution is 2.26. The molecule has 0 radical (unpaired) electrons. The Morgan fingerprint density at radius 1 is 1.26 bits per heavy atom. The topological polar surface area (TPSA) is 95.9 Å². The lowest BCUT2D eigenvalue weighted by Crippen LogP contribution is -2.08.